The zero-order valence-corrected chi connectivity index (χ0v) is 16.2. The van der Waals surface area contributed by atoms with Crippen molar-refractivity contribution < 1.29 is 27.2 Å². The zero-order chi connectivity index (χ0) is 19.7. The van der Waals surface area contributed by atoms with Gasteiger partial charge in [-0.05, 0) is 48.2 Å². The molecule has 1 N–H and O–H groups in total. The average molecular weight is 420 g/mol. The lowest BCUT2D eigenvalue weighted by atomic mass is 10.2. The Hall–Kier alpha value is -2.40. The largest absolute Gasteiger partial charge is 0.457 e. The molecule has 4 rings (SSSR count). The molecule has 2 saturated heterocycles. The topological polar surface area (TPSA) is 106 Å². The number of nitrogens with zero attached hydrogens (tertiary/aromatic N) is 1. The highest BCUT2D eigenvalue weighted by Gasteiger charge is 2.27. The highest BCUT2D eigenvalue weighted by atomic mass is 32.2. The third-order valence-electron chi connectivity index (χ3n) is 4.29. The van der Waals surface area contributed by atoms with Gasteiger partial charge >= 0.3 is 0 Å². The molecule has 2 aliphatic rings. The first-order valence-electron chi connectivity index (χ1n) is 8.46. The molecule has 2 amide bonds. The summed E-state index contributed by atoms with van der Waals surface area (Å²) in [5, 5.41) is 1.76. The van der Waals surface area contributed by atoms with Crippen molar-refractivity contribution in [1.29, 1.82) is 0 Å². The van der Waals surface area contributed by atoms with Gasteiger partial charge in [0.15, 0.2) is 0 Å². The molecule has 1 aromatic heterocycles. The van der Waals surface area contributed by atoms with Gasteiger partial charge in [-0.15, -0.1) is 0 Å². The van der Waals surface area contributed by atoms with Gasteiger partial charge < -0.3 is 9.15 Å². The molecule has 0 radical (unpaired) electrons. The molecule has 3 heterocycles. The maximum Gasteiger partial charge on any atom is 0.290 e. The molecule has 0 aliphatic carbocycles. The number of sulfonamides is 1. The number of amides is 2. The summed E-state index contributed by atoms with van der Waals surface area (Å²) in [6.45, 7) is 1.47. The molecule has 2 aliphatic heterocycles. The predicted molar refractivity (Wildman–Crippen MR) is 103 cm³/mol. The minimum atomic E-state index is -3.55. The van der Waals surface area contributed by atoms with Gasteiger partial charge in [-0.2, -0.15) is 4.31 Å². The number of thioether (sulfide) groups is 1. The van der Waals surface area contributed by atoms with Gasteiger partial charge in [0.2, 0.25) is 10.0 Å². The van der Waals surface area contributed by atoms with Gasteiger partial charge in [0.25, 0.3) is 11.1 Å². The number of carbonyl (C=O) groups is 2. The summed E-state index contributed by atoms with van der Waals surface area (Å²) in [5.41, 5.74) is 0.699. The Bertz CT molecular complexity index is 1050. The summed E-state index contributed by atoms with van der Waals surface area (Å²) in [5.74, 6) is 0.495. The van der Waals surface area contributed by atoms with Crippen LogP contribution < -0.4 is 5.32 Å². The van der Waals surface area contributed by atoms with Gasteiger partial charge in [-0.1, -0.05) is 0 Å². The smallest absolute Gasteiger partial charge is 0.290 e. The van der Waals surface area contributed by atoms with Crippen LogP contribution in [-0.2, 0) is 19.6 Å². The highest BCUT2D eigenvalue weighted by molar-refractivity contribution is 8.18. The van der Waals surface area contributed by atoms with Crippen LogP contribution in [0.3, 0.4) is 0 Å². The first-order valence-corrected chi connectivity index (χ1v) is 10.7. The van der Waals surface area contributed by atoms with Crippen LogP contribution in [0.2, 0.25) is 0 Å². The lowest BCUT2D eigenvalue weighted by Gasteiger charge is -2.26. The van der Waals surface area contributed by atoms with E-state index in [0.29, 0.717) is 43.4 Å². The van der Waals surface area contributed by atoms with Crippen LogP contribution in [0.4, 0.5) is 4.79 Å². The van der Waals surface area contributed by atoms with E-state index >= 15 is 0 Å². The van der Waals surface area contributed by atoms with Crippen molar-refractivity contribution in [3.63, 3.8) is 0 Å². The maximum atomic E-state index is 12.7. The Morgan fingerprint density at radius 1 is 1.04 bits per heavy atom. The first-order chi connectivity index (χ1) is 13.4. The van der Waals surface area contributed by atoms with Crippen molar-refractivity contribution in [3.8, 4) is 11.3 Å². The standard InChI is InChI=1S/C18H16N2O6S2/c21-17-16(27-18(22)19-17)11-13-3-6-15(26-13)12-1-4-14(5-2-12)28(23,24)20-7-9-25-10-8-20/h1-6,11H,7-10H2,(H,19,21,22). The van der Waals surface area contributed by atoms with Gasteiger partial charge in [-0.3, -0.25) is 14.9 Å². The summed E-state index contributed by atoms with van der Waals surface area (Å²) in [4.78, 5) is 23.3. The molecule has 1 aromatic carbocycles. The summed E-state index contributed by atoms with van der Waals surface area (Å²) in [7, 11) is -3.55. The molecule has 146 valence electrons. The maximum absolute atomic E-state index is 12.7. The van der Waals surface area contributed by atoms with Gasteiger partial charge in [0, 0.05) is 24.7 Å². The van der Waals surface area contributed by atoms with E-state index in [2.05, 4.69) is 5.32 Å². The van der Waals surface area contributed by atoms with Crippen LogP contribution in [0.5, 0.6) is 0 Å². The zero-order valence-electron chi connectivity index (χ0n) is 14.6. The molecule has 0 unspecified atom stereocenters. The van der Waals surface area contributed by atoms with E-state index in [4.69, 9.17) is 9.15 Å². The summed E-state index contributed by atoms with van der Waals surface area (Å²) >= 11 is 0.813. The highest BCUT2D eigenvalue weighted by Crippen LogP contribution is 2.29. The van der Waals surface area contributed by atoms with Crippen molar-refractivity contribution in [2.24, 2.45) is 0 Å². The Balaban J connectivity index is 1.53. The molecule has 10 heteroatoms. The van der Waals surface area contributed by atoms with E-state index in [1.165, 1.54) is 10.4 Å². The van der Waals surface area contributed by atoms with E-state index in [0.717, 1.165) is 11.8 Å². The number of nitrogens with one attached hydrogen (secondary N) is 1. The first kappa shape index (κ1) is 18.9. The van der Waals surface area contributed by atoms with Crippen LogP contribution >= 0.6 is 11.8 Å². The number of hydrogen-bond donors (Lipinski definition) is 1. The number of furan rings is 1. The van der Waals surface area contributed by atoms with Gasteiger partial charge in [0.1, 0.15) is 11.5 Å². The summed E-state index contributed by atoms with van der Waals surface area (Å²) < 4.78 is 37.6. The monoisotopic (exact) mass is 420 g/mol. The van der Waals surface area contributed by atoms with E-state index < -0.39 is 21.2 Å². The molecule has 2 fully saturated rings. The molecule has 2 aromatic rings. The molecule has 0 bridgehead atoms. The number of hydrogen-bond acceptors (Lipinski definition) is 7. The number of imide groups is 1. The van der Waals surface area contributed by atoms with E-state index in [-0.39, 0.29) is 9.80 Å². The van der Waals surface area contributed by atoms with Crippen LogP contribution in [0.1, 0.15) is 5.76 Å². The molecular weight excluding hydrogens is 404 g/mol. The fourth-order valence-electron chi connectivity index (χ4n) is 2.86. The minimum Gasteiger partial charge on any atom is -0.457 e. The van der Waals surface area contributed by atoms with Crippen molar-refractivity contribution in [3.05, 3.63) is 47.1 Å². The Morgan fingerprint density at radius 3 is 2.39 bits per heavy atom. The van der Waals surface area contributed by atoms with Gasteiger partial charge in [-0.25, -0.2) is 8.42 Å². The fraction of sp³-hybridized carbons (Fsp3) is 0.222. The van der Waals surface area contributed by atoms with Crippen LogP contribution in [0, 0.1) is 0 Å². The Labute approximate surface area is 165 Å². The summed E-state index contributed by atoms with van der Waals surface area (Å²) in [6.07, 6.45) is 1.49. The Morgan fingerprint density at radius 2 is 1.75 bits per heavy atom. The average Bonchev–Trinajstić information content (AvgIpc) is 3.29. The lowest BCUT2D eigenvalue weighted by Crippen LogP contribution is -2.40. The van der Waals surface area contributed by atoms with Gasteiger partial charge in [0.05, 0.1) is 23.0 Å². The second-order valence-corrected chi connectivity index (χ2v) is 9.05. The van der Waals surface area contributed by atoms with Crippen LogP contribution in [0.25, 0.3) is 17.4 Å². The second-order valence-electron chi connectivity index (χ2n) is 6.10. The second kappa shape index (κ2) is 7.55. The van der Waals surface area contributed by atoms with E-state index in [9.17, 15) is 18.0 Å². The molecule has 28 heavy (non-hydrogen) atoms. The molecule has 8 nitrogen and oxygen atoms in total. The molecular formula is C18H16N2O6S2. The third kappa shape index (κ3) is 3.76. The molecule has 0 atom stereocenters. The van der Waals surface area contributed by atoms with Crippen molar-refractivity contribution in [2.45, 2.75) is 4.90 Å². The quantitative estimate of drug-likeness (QED) is 0.757. The van der Waals surface area contributed by atoms with E-state index in [1.54, 1.807) is 36.4 Å². The van der Waals surface area contributed by atoms with Crippen molar-refractivity contribution in [2.75, 3.05) is 26.3 Å². The fourth-order valence-corrected chi connectivity index (χ4v) is 4.93. The SMILES string of the molecule is O=C1NC(=O)C(=Cc2ccc(-c3ccc(S(=O)(=O)N4CCOCC4)cc3)o2)S1. The number of rotatable bonds is 4. The molecule has 0 spiro atoms. The van der Waals surface area contributed by atoms with Crippen LogP contribution in [-0.4, -0.2) is 50.2 Å². The lowest BCUT2D eigenvalue weighted by molar-refractivity contribution is -0.115. The minimum absolute atomic E-state index is 0.213. The van der Waals surface area contributed by atoms with Crippen molar-refractivity contribution >= 4 is 39.0 Å². The number of benzene rings is 1. The third-order valence-corrected chi connectivity index (χ3v) is 7.01. The predicted octanol–water partition coefficient (Wildman–Crippen LogP) is 2.29. The summed E-state index contributed by atoms with van der Waals surface area (Å²) in [6, 6.07) is 9.82. The Kier molecular flexibility index (Phi) is 5.11. The van der Waals surface area contributed by atoms with Crippen LogP contribution in [0.15, 0.2) is 50.6 Å². The number of carbonyl (C=O) groups excluding carboxylic acids is 2. The normalized spacial score (nSPS) is 19.9. The number of ether oxygens (including phenoxy) is 1. The number of morpholine rings is 1. The van der Waals surface area contributed by atoms with Crippen molar-refractivity contribution in [1.82, 2.24) is 9.62 Å². The molecule has 0 saturated carbocycles. The van der Waals surface area contributed by atoms with E-state index in [1.807, 2.05) is 0 Å².